The van der Waals surface area contributed by atoms with Crippen LogP contribution in [0.4, 0.5) is 8.78 Å². The lowest BCUT2D eigenvalue weighted by Gasteiger charge is -2.30. The number of benzene rings is 1. The fourth-order valence-corrected chi connectivity index (χ4v) is 2.67. The van der Waals surface area contributed by atoms with Crippen LogP contribution in [0.3, 0.4) is 0 Å². The van der Waals surface area contributed by atoms with E-state index in [9.17, 15) is 8.78 Å². The molecule has 1 fully saturated rings. The van der Waals surface area contributed by atoms with E-state index in [2.05, 4.69) is 4.90 Å². The molecule has 4 heteroatoms. The van der Waals surface area contributed by atoms with Gasteiger partial charge in [-0.2, -0.15) is 0 Å². The van der Waals surface area contributed by atoms with E-state index in [4.69, 9.17) is 5.73 Å². The van der Waals surface area contributed by atoms with Crippen molar-refractivity contribution in [3.05, 3.63) is 35.4 Å². The van der Waals surface area contributed by atoms with Crippen LogP contribution in [0.1, 0.15) is 37.3 Å². The molecule has 1 aliphatic heterocycles. The average molecular weight is 254 g/mol. The Morgan fingerprint density at radius 2 is 1.56 bits per heavy atom. The van der Waals surface area contributed by atoms with Crippen molar-refractivity contribution in [2.45, 2.75) is 31.7 Å². The third kappa shape index (κ3) is 3.27. The maximum Gasteiger partial charge on any atom is 0.126 e. The average Bonchev–Trinajstić information content (AvgIpc) is 2.58. The highest BCUT2D eigenvalue weighted by Gasteiger charge is 2.21. The van der Waals surface area contributed by atoms with Gasteiger partial charge in [0.05, 0.1) is 0 Å². The second-order valence-electron chi connectivity index (χ2n) is 4.90. The SMILES string of the molecule is NCC(c1cc(F)cc(F)c1)N1CCCCCC1. The molecule has 2 nitrogen and oxygen atoms in total. The summed E-state index contributed by atoms with van der Waals surface area (Å²) in [6.07, 6.45) is 4.72. The molecule has 1 aliphatic rings. The molecule has 1 aromatic carbocycles. The van der Waals surface area contributed by atoms with E-state index < -0.39 is 11.6 Å². The highest BCUT2D eigenvalue weighted by atomic mass is 19.1. The van der Waals surface area contributed by atoms with Gasteiger partial charge in [0.15, 0.2) is 0 Å². The zero-order valence-corrected chi connectivity index (χ0v) is 10.5. The van der Waals surface area contributed by atoms with E-state index in [0.29, 0.717) is 12.1 Å². The lowest BCUT2D eigenvalue weighted by atomic mass is 10.0. The summed E-state index contributed by atoms with van der Waals surface area (Å²) in [5.41, 5.74) is 6.45. The molecule has 1 unspecified atom stereocenters. The Balaban J connectivity index is 2.20. The predicted octanol–water partition coefficient (Wildman–Crippen LogP) is 2.84. The van der Waals surface area contributed by atoms with Crippen LogP contribution in [-0.4, -0.2) is 24.5 Å². The van der Waals surface area contributed by atoms with Crippen molar-refractivity contribution in [1.29, 1.82) is 0 Å². The number of halogens is 2. The number of nitrogens with two attached hydrogens (primary N) is 1. The molecule has 0 aromatic heterocycles. The fraction of sp³-hybridized carbons (Fsp3) is 0.571. The number of hydrogen-bond donors (Lipinski definition) is 1. The van der Waals surface area contributed by atoms with Crippen LogP contribution in [0.15, 0.2) is 18.2 Å². The van der Waals surface area contributed by atoms with Crippen LogP contribution in [0, 0.1) is 11.6 Å². The van der Waals surface area contributed by atoms with Crippen LogP contribution in [0.5, 0.6) is 0 Å². The monoisotopic (exact) mass is 254 g/mol. The Bertz CT molecular complexity index is 367. The van der Waals surface area contributed by atoms with Crippen molar-refractivity contribution in [2.24, 2.45) is 5.73 Å². The minimum absolute atomic E-state index is 0.0756. The van der Waals surface area contributed by atoms with Gasteiger partial charge in [0.2, 0.25) is 0 Å². The quantitative estimate of drug-likeness (QED) is 0.898. The van der Waals surface area contributed by atoms with E-state index >= 15 is 0 Å². The van der Waals surface area contributed by atoms with Crippen LogP contribution in [0.2, 0.25) is 0 Å². The molecule has 0 saturated carbocycles. The second-order valence-corrected chi connectivity index (χ2v) is 4.90. The van der Waals surface area contributed by atoms with Crippen molar-refractivity contribution < 1.29 is 8.78 Å². The lowest BCUT2D eigenvalue weighted by molar-refractivity contribution is 0.209. The summed E-state index contributed by atoms with van der Waals surface area (Å²) in [7, 11) is 0. The second kappa shape index (κ2) is 6.25. The van der Waals surface area contributed by atoms with Crippen LogP contribution in [0.25, 0.3) is 0 Å². The molecule has 0 spiro atoms. The van der Waals surface area contributed by atoms with Gasteiger partial charge in [-0.3, -0.25) is 4.90 Å². The van der Waals surface area contributed by atoms with Gasteiger partial charge in [0, 0.05) is 18.7 Å². The smallest absolute Gasteiger partial charge is 0.126 e. The summed E-state index contributed by atoms with van der Waals surface area (Å²) in [6.45, 7) is 2.31. The third-order valence-electron chi connectivity index (χ3n) is 3.57. The maximum absolute atomic E-state index is 13.3. The molecule has 1 saturated heterocycles. The Morgan fingerprint density at radius 1 is 1.00 bits per heavy atom. The lowest BCUT2D eigenvalue weighted by Crippen LogP contribution is -2.34. The van der Waals surface area contributed by atoms with E-state index in [-0.39, 0.29) is 6.04 Å². The normalized spacial score (nSPS) is 19.5. The van der Waals surface area contributed by atoms with Gasteiger partial charge < -0.3 is 5.73 Å². The number of nitrogens with zero attached hydrogens (tertiary/aromatic N) is 1. The zero-order chi connectivity index (χ0) is 13.0. The van der Waals surface area contributed by atoms with E-state index in [1.807, 2.05) is 0 Å². The van der Waals surface area contributed by atoms with E-state index in [1.165, 1.54) is 25.0 Å². The third-order valence-corrected chi connectivity index (χ3v) is 3.57. The van der Waals surface area contributed by atoms with Crippen LogP contribution < -0.4 is 5.73 Å². The highest BCUT2D eigenvalue weighted by molar-refractivity contribution is 5.22. The molecule has 100 valence electrons. The fourth-order valence-electron chi connectivity index (χ4n) is 2.67. The Kier molecular flexibility index (Phi) is 4.66. The first-order valence-electron chi connectivity index (χ1n) is 6.61. The standard InChI is InChI=1S/C14H20F2N2/c15-12-7-11(8-13(16)9-12)14(10-17)18-5-3-1-2-4-6-18/h7-9,14H,1-6,10,17H2. The summed E-state index contributed by atoms with van der Waals surface area (Å²) in [6, 6.07) is 3.62. The summed E-state index contributed by atoms with van der Waals surface area (Å²) in [5.74, 6) is -1.06. The van der Waals surface area contributed by atoms with Crippen molar-refractivity contribution >= 4 is 0 Å². The topological polar surface area (TPSA) is 29.3 Å². The molecule has 0 radical (unpaired) electrons. The molecule has 2 N–H and O–H groups in total. The molecule has 1 atom stereocenters. The van der Waals surface area contributed by atoms with Crippen molar-refractivity contribution in [3.8, 4) is 0 Å². The van der Waals surface area contributed by atoms with Gasteiger partial charge in [-0.05, 0) is 43.6 Å². The van der Waals surface area contributed by atoms with Gasteiger partial charge >= 0.3 is 0 Å². The van der Waals surface area contributed by atoms with E-state index in [0.717, 1.165) is 32.0 Å². The van der Waals surface area contributed by atoms with Crippen molar-refractivity contribution in [3.63, 3.8) is 0 Å². The number of hydrogen-bond acceptors (Lipinski definition) is 2. The summed E-state index contributed by atoms with van der Waals surface area (Å²) in [5, 5.41) is 0. The van der Waals surface area contributed by atoms with Gasteiger partial charge in [-0.15, -0.1) is 0 Å². The molecule has 0 amide bonds. The van der Waals surface area contributed by atoms with Crippen molar-refractivity contribution in [2.75, 3.05) is 19.6 Å². The molecule has 2 rings (SSSR count). The number of rotatable bonds is 3. The first-order valence-corrected chi connectivity index (χ1v) is 6.61. The molecule has 1 heterocycles. The molecule has 18 heavy (non-hydrogen) atoms. The molecule has 0 bridgehead atoms. The van der Waals surface area contributed by atoms with E-state index in [1.54, 1.807) is 0 Å². The zero-order valence-electron chi connectivity index (χ0n) is 10.5. The minimum Gasteiger partial charge on any atom is -0.329 e. The number of likely N-dealkylation sites (tertiary alicyclic amines) is 1. The predicted molar refractivity (Wildman–Crippen MR) is 68.2 cm³/mol. The largest absolute Gasteiger partial charge is 0.329 e. The maximum atomic E-state index is 13.3. The summed E-state index contributed by atoms with van der Waals surface area (Å²) >= 11 is 0. The minimum atomic E-state index is -0.529. The molecular weight excluding hydrogens is 234 g/mol. The van der Waals surface area contributed by atoms with Gasteiger partial charge in [0.25, 0.3) is 0 Å². The van der Waals surface area contributed by atoms with Crippen molar-refractivity contribution in [1.82, 2.24) is 4.90 Å². The molecule has 0 aliphatic carbocycles. The van der Waals surface area contributed by atoms with Crippen LogP contribution in [-0.2, 0) is 0 Å². The molecule has 1 aromatic rings. The Labute approximate surface area is 107 Å². The van der Waals surface area contributed by atoms with Gasteiger partial charge in [-0.1, -0.05) is 12.8 Å². The van der Waals surface area contributed by atoms with Gasteiger partial charge in [0.1, 0.15) is 11.6 Å². The summed E-state index contributed by atoms with van der Waals surface area (Å²) < 4.78 is 26.5. The Morgan fingerprint density at radius 3 is 2.06 bits per heavy atom. The molecular formula is C14H20F2N2. The van der Waals surface area contributed by atoms with Gasteiger partial charge in [-0.25, -0.2) is 8.78 Å². The summed E-state index contributed by atoms with van der Waals surface area (Å²) in [4.78, 5) is 2.25. The first-order chi connectivity index (χ1) is 8.70. The Hall–Kier alpha value is -1.00. The van der Waals surface area contributed by atoms with Crippen LogP contribution >= 0.6 is 0 Å². The highest BCUT2D eigenvalue weighted by Crippen LogP contribution is 2.24. The first kappa shape index (κ1) is 13.4.